The molecule has 0 unspecified atom stereocenters. The SMILES string of the molecule is O=C(COc1ccccc1-c1ccccc1)N1CCN(c2ccc(-c3ccccc3Cl)nn2)CC1. The number of carbonyl (C=O) groups excluding carboxylic acids is 1. The Morgan fingerprint density at radius 3 is 2.17 bits per heavy atom. The van der Waals surface area contributed by atoms with Crippen LogP contribution in [-0.2, 0) is 4.79 Å². The summed E-state index contributed by atoms with van der Waals surface area (Å²) in [4.78, 5) is 16.8. The molecule has 6 nitrogen and oxygen atoms in total. The van der Waals surface area contributed by atoms with E-state index in [2.05, 4.69) is 15.1 Å². The number of hydrogen-bond donors (Lipinski definition) is 0. The van der Waals surface area contributed by atoms with Crippen molar-refractivity contribution in [3.8, 4) is 28.1 Å². The van der Waals surface area contributed by atoms with Crippen LogP contribution in [0.15, 0.2) is 91.0 Å². The maximum atomic E-state index is 12.8. The zero-order valence-electron chi connectivity index (χ0n) is 19.2. The molecule has 0 atom stereocenters. The summed E-state index contributed by atoms with van der Waals surface area (Å²) >= 11 is 6.27. The van der Waals surface area contributed by atoms with Crippen LogP contribution in [0.4, 0.5) is 5.82 Å². The Morgan fingerprint density at radius 2 is 1.46 bits per heavy atom. The summed E-state index contributed by atoms with van der Waals surface area (Å²) in [5.74, 6) is 1.48. The largest absolute Gasteiger partial charge is 0.483 e. The molecule has 1 aliphatic rings. The first kappa shape index (κ1) is 22.9. The predicted molar refractivity (Wildman–Crippen MR) is 139 cm³/mol. The topological polar surface area (TPSA) is 58.6 Å². The normalized spacial score (nSPS) is 13.5. The number of amides is 1. The third-order valence-corrected chi connectivity index (χ3v) is 6.41. The number of para-hydroxylation sites is 1. The molecule has 35 heavy (non-hydrogen) atoms. The Labute approximate surface area is 209 Å². The first-order valence-electron chi connectivity index (χ1n) is 11.6. The Bertz CT molecular complexity index is 1290. The number of rotatable bonds is 6. The minimum atomic E-state index is -0.0207. The lowest BCUT2D eigenvalue weighted by atomic mass is 10.1. The molecule has 5 rings (SSSR count). The zero-order chi connectivity index (χ0) is 24.0. The maximum Gasteiger partial charge on any atom is 0.260 e. The monoisotopic (exact) mass is 484 g/mol. The molecule has 1 saturated heterocycles. The van der Waals surface area contributed by atoms with Crippen molar-refractivity contribution >= 4 is 23.3 Å². The fraction of sp³-hybridized carbons (Fsp3) is 0.179. The number of piperazine rings is 1. The van der Waals surface area contributed by atoms with Gasteiger partial charge in [-0.25, -0.2) is 0 Å². The van der Waals surface area contributed by atoms with E-state index in [1.807, 2.05) is 95.9 Å². The number of nitrogens with zero attached hydrogens (tertiary/aromatic N) is 4. The van der Waals surface area contributed by atoms with Gasteiger partial charge in [0.2, 0.25) is 0 Å². The van der Waals surface area contributed by atoms with Crippen LogP contribution in [0.1, 0.15) is 0 Å². The standard InChI is InChI=1S/C28H25ClN4O2/c29-24-12-6-4-11-23(24)25-14-15-27(31-30-25)32-16-18-33(19-17-32)28(34)20-35-26-13-7-5-10-22(26)21-8-2-1-3-9-21/h1-15H,16-20H2. The summed E-state index contributed by atoms with van der Waals surface area (Å²) in [7, 11) is 0. The molecule has 0 N–H and O–H groups in total. The molecule has 0 saturated carbocycles. The second-order valence-electron chi connectivity index (χ2n) is 8.28. The highest BCUT2D eigenvalue weighted by Gasteiger charge is 2.23. The van der Waals surface area contributed by atoms with Crippen LogP contribution >= 0.6 is 11.6 Å². The number of hydrogen-bond acceptors (Lipinski definition) is 5. The van der Waals surface area contributed by atoms with E-state index in [0.29, 0.717) is 37.0 Å². The van der Waals surface area contributed by atoms with E-state index >= 15 is 0 Å². The molecule has 1 amide bonds. The molecule has 0 bridgehead atoms. The van der Waals surface area contributed by atoms with Gasteiger partial charge in [-0.15, -0.1) is 10.2 Å². The van der Waals surface area contributed by atoms with E-state index in [4.69, 9.17) is 16.3 Å². The van der Waals surface area contributed by atoms with Gasteiger partial charge in [0.25, 0.3) is 5.91 Å². The zero-order valence-corrected chi connectivity index (χ0v) is 19.9. The van der Waals surface area contributed by atoms with Crippen molar-refractivity contribution in [2.24, 2.45) is 0 Å². The Hall–Kier alpha value is -3.90. The van der Waals surface area contributed by atoms with Crippen LogP contribution in [0.25, 0.3) is 22.4 Å². The van der Waals surface area contributed by atoms with Crippen LogP contribution < -0.4 is 9.64 Å². The van der Waals surface area contributed by atoms with E-state index in [1.54, 1.807) is 0 Å². The van der Waals surface area contributed by atoms with Gasteiger partial charge in [-0.2, -0.15) is 0 Å². The molecule has 7 heteroatoms. The highest BCUT2D eigenvalue weighted by atomic mass is 35.5. The molecule has 4 aromatic rings. The molecular weight excluding hydrogens is 460 g/mol. The minimum Gasteiger partial charge on any atom is -0.483 e. The number of halogens is 1. The molecule has 2 heterocycles. The van der Waals surface area contributed by atoms with Crippen LogP contribution in [0, 0.1) is 0 Å². The van der Waals surface area contributed by atoms with Crippen LogP contribution in [-0.4, -0.2) is 53.8 Å². The van der Waals surface area contributed by atoms with Gasteiger partial charge in [0, 0.05) is 37.3 Å². The number of benzene rings is 3. The van der Waals surface area contributed by atoms with E-state index in [-0.39, 0.29) is 12.5 Å². The second kappa shape index (κ2) is 10.6. The lowest BCUT2D eigenvalue weighted by Crippen LogP contribution is -2.50. The Balaban J connectivity index is 1.16. The van der Waals surface area contributed by atoms with Crippen molar-refractivity contribution in [1.29, 1.82) is 0 Å². The fourth-order valence-electron chi connectivity index (χ4n) is 4.17. The van der Waals surface area contributed by atoms with Gasteiger partial charge in [-0.05, 0) is 29.8 Å². The van der Waals surface area contributed by atoms with Gasteiger partial charge in [-0.1, -0.05) is 78.3 Å². The lowest BCUT2D eigenvalue weighted by molar-refractivity contribution is -0.133. The first-order chi connectivity index (χ1) is 17.2. The Kier molecular flexibility index (Phi) is 6.91. The van der Waals surface area contributed by atoms with E-state index in [9.17, 15) is 4.79 Å². The summed E-state index contributed by atoms with van der Waals surface area (Å²) in [5, 5.41) is 9.40. The van der Waals surface area contributed by atoms with Crippen LogP contribution in [0.2, 0.25) is 5.02 Å². The van der Waals surface area contributed by atoms with Crippen molar-refractivity contribution in [1.82, 2.24) is 15.1 Å². The molecular formula is C28H25ClN4O2. The van der Waals surface area contributed by atoms with E-state index in [0.717, 1.165) is 28.2 Å². The quantitative estimate of drug-likeness (QED) is 0.377. The van der Waals surface area contributed by atoms with Gasteiger partial charge in [-0.3, -0.25) is 4.79 Å². The number of carbonyl (C=O) groups is 1. The smallest absolute Gasteiger partial charge is 0.260 e. The van der Waals surface area contributed by atoms with E-state index in [1.165, 1.54) is 0 Å². The van der Waals surface area contributed by atoms with Gasteiger partial charge in [0.1, 0.15) is 5.75 Å². The highest BCUT2D eigenvalue weighted by molar-refractivity contribution is 6.33. The van der Waals surface area contributed by atoms with Gasteiger partial charge >= 0.3 is 0 Å². The third-order valence-electron chi connectivity index (χ3n) is 6.08. The highest BCUT2D eigenvalue weighted by Crippen LogP contribution is 2.30. The molecule has 1 aromatic heterocycles. The minimum absolute atomic E-state index is 0.0101. The molecule has 176 valence electrons. The maximum absolute atomic E-state index is 12.8. The number of aromatic nitrogens is 2. The molecule has 1 aliphatic heterocycles. The van der Waals surface area contributed by atoms with Gasteiger partial charge in [0.05, 0.1) is 10.7 Å². The number of anilines is 1. The molecule has 0 spiro atoms. The average molecular weight is 485 g/mol. The summed E-state index contributed by atoms with van der Waals surface area (Å²) in [6, 6.07) is 29.3. The predicted octanol–water partition coefficient (Wildman–Crippen LogP) is 5.19. The van der Waals surface area contributed by atoms with Crippen molar-refractivity contribution in [3.63, 3.8) is 0 Å². The van der Waals surface area contributed by atoms with Crippen molar-refractivity contribution in [2.45, 2.75) is 0 Å². The van der Waals surface area contributed by atoms with Gasteiger partial charge < -0.3 is 14.5 Å². The van der Waals surface area contributed by atoms with Crippen LogP contribution in [0.5, 0.6) is 5.75 Å². The molecule has 1 fully saturated rings. The molecule has 0 radical (unpaired) electrons. The van der Waals surface area contributed by atoms with Crippen molar-refractivity contribution in [2.75, 3.05) is 37.7 Å². The van der Waals surface area contributed by atoms with E-state index < -0.39 is 0 Å². The van der Waals surface area contributed by atoms with Gasteiger partial charge in [0.15, 0.2) is 12.4 Å². The fourth-order valence-corrected chi connectivity index (χ4v) is 4.40. The third kappa shape index (κ3) is 5.28. The summed E-state index contributed by atoms with van der Waals surface area (Å²) in [5.41, 5.74) is 3.63. The number of ether oxygens (including phenoxy) is 1. The second-order valence-corrected chi connectivity index (χ2v) is 8.68. The average Bonchev–Trinajstić information content (AvgIpc) is 2.93. The van der Waals surface area contributed by atoms with Crippen molar-refractivity contribution < 1.29 is 9.53 Å². The first-order valence-corrected chi connectivity index (χ1v) is 12.0. The van der Waals surface area contributed by atoms with Crippen LogP contribution in [0.3, 0.4) is 0 Å². The molecule has 0 aliphatic carbocycles. The summed E-state index contributed by atoms with van der Waals surface area (Å²) in [6.07, 6.45) is 0. The van der Waals surface area contributed by atoms with Crippen molar-refractivity contribution in [3.05, 3.63) is 96.0 Å². The summed E-state index contributed by atoms with van der Waals surface area (Å²) in [6.45, 7) is 2.60. The lowest BCUT2D eigenvalue weighted by Gasteiger charge is -2.35. The Morgan fingerprint density at radius 1 is 0.771 bits per heavy atom. The summed E-state index contributed by atoms with van der Waals surface area (Å²) < 4.78 is 5.94. The molecule has 3 aromatic carbocycles.